The maximum Gasteiger partial charge on any atom is 0.289 e. The highest BCUT2D eigenvalue weighted by atomic mass is 32.2. The van der Waals surface area contributed by atoms with Crippen LogP contribution < -0.4 is 19.1 Å². The average molecular weight is 489 g/mol. The molecule has 1 amide bonds. The number of carbonyl (C=O) groups is 1. The number of nitrogens with one attached hydrogen (secondary N) is 1. The minimum Gasteiger partial charge on any atom is -0.497 e. The summed E-state index contributed by atoms with van der Waals surface area (Å²) in [5.41, 5.74) is -0.906. The van der Waals surface area contributed by atoms with Gasteiger partial charge in [0.2, 0.25) is 5.91 Å². The molecule has 0 fully saturated rings. The molecular weight excluding hydrogens is 469 g/mol. The van der Waals surface area contributed by atoms with Crippen molar-refractivity contribution in [2.24, 2.45) is 0 Å². The van der Waals surface area contributed by atoms with Crippen molar-refractivity contribution >= 4 is 33.0 Å². The van der Waals surface area contributed by atoms with Crippen LogP contribution in [0, 0.1) is 15.9 Å². The van der Waals surface area contributed by atoms with Crippen LogP contribution >= 0.6 is 0 Å². The summed E-state index contributed by atoms with van der Waals surface area (Å²) in [6, 6.07) is 14.3. The maximum atomic E-state index is 14.0. The van der Waals surface area contributed by atoms with E-state index in [1.807, 2.05) is 0 Å². The van der Waals surface area contributed by atoms with E-state index in [2.05, 4.69) is 5.32 Å². The number of sulfonamides is 1. The van der Waals surface area contributed by atoms with E-state index in [4.69, 9.17) is 9.47 Å². The molecule has 12 heteroatoms. The second-order valence-electron chi connectivity index (χ2n) is 6.80. The predicted molar refractivity (Wildman–Crippen MR) is 122 cm³/mol. The van der Waals surface area contributed by atoms with Crippen LogP contribution in [0.1, 0.15) is 0 Å². The molecule has 3 aromatic rings. The van der Waals surface area contributed by atoms with Crippen molar-refractivity contribution in [2.75, 3.05) is 30.4 Å². The molecule has 3 rings (SSSR count). The van der Waals surface area contributed by atoms with Crippen LogP contribution in [0.5, 0.6) is 11.5 Å². The Bertz CT molecular complexity index is 1330. The molecule has 0 saturated heterocycles. The Morgan fingerprint density at radius 3 is 2.38 bits per heavy atom. The van der Waals surface area contributed by atoms with Crippen LogP contribution in [0.3, 0.4) is 0 Å². The number of para-hydroxylation sites is 2. The SMILES string of the molecule is COc1ccc(N(CC(=O)Nc2ccccc2F)S(=O)(=O)c2ccccc2[N+](=O)[O-])c(OC)c1. The van der Waals surface area contributed by atoms with E-state index in [-0.39, 0.29) is 17.1 Å². The van der Waals surface area contributed by atoms with Gasteiger partial charge in [0.05, 0.1) is 30.5 Å². The molecule has 3 aromatic carbocycles. The number of hydrogen-bond donors (Lipinski definition) is 1. The predicted octanol–water partition coefficient (Wildman–Crippen LogP) is 3.59. The lowest BCUT2D eigenvalue weighted by Crippen LogP contribution is -2.38. The molecule has 0 radical (unpaired) electrons. The number of nitrogens with zero attached hydrogens (tertiary/aromatic N) is 2. The van der Waals surface area contributed by atoms with Crippen molar-refractivity contribution in [3.05, 3.63) is 82.7 Å². The van der Waals surface area contributed by atoms with Gasteiger partial charge in [0.15, 0.2) is 4.90 Å². The largest absolute Gasteiger partial charge is 0.497 e. The summed E-state index contributed by atoms with van der Waals surface area (Å²) in [5, 5.41) is 13.8. The number of amides is 1. The summed E-state index contributed by atoms with van der Waals surface area (Å²) in [6.45, 7) is -0.828. The van der Waals surface area contributed by atoms with Crippen LogP contribution in [0.25, 0.3) is 0 Å². The van der Waals surface area contributed by atoms with Gasteiger partial charge in [-0.05, 0) is 30.3 Å². The zero-order valence-corrected chi connectivity index (χ0v) is 18.9. The smallest absolute Gasteiger partial charge is 0.289 e. The Hall–Kier alpha value is -4.19. The fraction of sp³-hybridized carbons (Fsp3) is 0.136. The number of halogens is 1. The van der Waals surface area contributed by atoms with Crippen molar-refractivity contribution < 1.29 is 32.0 Å². The summed E-state index contributed by atoms with van der Waals surface area (Å²) in [5.74, 6) is -1.23. The first-order valence-electron chi connectivity index (χ1n) is 9.71. The van der Waals surface area contributed by atoms with Crippen molar-refractivity contribution in [2.45, 2.75) is 4.90 Å². The van der Waals surface area contributed by atoms with Gasteiger partial charge in [-0.1, -0.05) is 24.3 Å². The zero-order valence-electron chi connectivity index (χ0n) is 18.1. The van der Waals surface area contributed by atoms with E-state index in [0.29, 0.717) is 10.1 Å². The van der Waals surface area contributed by atoms with E-state index in [0.717, 1.165) is 18.2 Å². The average Bonchev–Trinajstić information content (AvgIpc) is 2.83. The van der Waals surface area contributed by atoms with Gasteiger partial charge in [0, 0.05) is 12.1 Å². The van der Waals surface area contributed by atoms with Gasteiger partial charge in [-0.3, -0.25) is 19.2 Å². The molecule has 178 valence electrons. The van der Waals surface area contributed by atoms with Crippen LogP contribution in [0.15, 0.2) is 71.6 Å². The Morgan fingerprint density at radius 2 is 1.74 bits per heavy atom. The molecule has 1 N–H and O–H groups in total. The third kappa shape index (κ3) is 5.07. The standard InChI is InChI=1S/C22H20FN3O7S/c1-32-15-11-12-18(20(13-15)33-2)25(14-22(27)24-17-8-4-3-7-16(17)23)34(30,31)21-10-6-5-9-19(21)26(28)29/h3-13H,14H2,1-2H3,(H,24,27). The van der Waals surface area contributed by atoms with E-state index in [1.54, 1.807) is 0 Å². The molecule has 0 heterocycles. The van der Waals surface area contributed by atoms with Crippen LogP contribution in [0.2, 0.25) is 0 Å². The first kappa shape index (κ1) is 24.5. The van der Waals surface area contributed by atoms with Crippen molar-refractivity contribution in [3.63, 3.8) is 0 Å². The van der Waals surface area contributed by atoms with Gasteiger partial charge in [-0.2, -0.15) is 0 Å². The van der Waals surface area contributed by atoms with Gasteiger partial charge < -0.3 is 14.8 Å². The van der Waals surface area contributed by atoms with Crippen molar-refractivity contribution in [1.29, 1.82) is 0 Å². The molecule has 0 atom stereocenters. The van der Waals surface area contributed by atoms with Crippen molar-refractivity contribution in [1.82, 2.24) is 0 Å². The topological polar surface area (TPSA) is 128 Å². The minimum atomic E-state index is -4.66. The number of carbonyl (C=O) groups excluding carboxylic acids is 1. The number of methoxy groups -OCH3 is 2. The lowest BCUT2D eigenvalue weighted by Gasteiger charge is -2.25. The van der Waals surface area contributed by atoms with Crippen molar-refractivity contribution in [3.8, 4) is 11.5 Å². The molecular formula is C22H20FN3O7S. The molecule has 0 aliphatic heterocycles. The highest BCUT2D eigenvalue weighted by Gasteiger charge is 2.34. The third-order valence-electron chi connectivity index (χ3n) is 4.72. The summed E-state index contributed by atoms with van der Waals surface area (Å²) < 4.78 is 52.3. The highest BCUT2D eigenvalue weighted by molar-refractivity contribution is 7.93. The Balaban J connectivity index is 2.12. The number of hydrogen-bond acceptors (Lipinski definition) is 7. The second kappa shape index (κ2) is 10.2. The maximum absolute atomic E-state index is 14.0. The summed E-state index contributed by atoms with van der Waals surface area (Å²) in [4.78, 5) is 22.8. The van der Waals surface area contributed by atoms with Gasteiger partial charge in [-0.15, -0.1) is 0 Å². The Labute approximate surface area is 194 Å². The van der Waals surface area contributed by atoms with E-state index in [9.17, 15) is 27.7 Å². The van der Waals surface area contributed by atoms with Crippen LogP contribution in [-0.4, -0.2) is 40.0 Å². The molecule has 0 saturated carbocycles. The number of nitro groups is 1. The summed E-state index contributed by atoms with van der Waals surface area (Å²) in [7, 11) is -1.98. The van der Waals surface area contributed by atoms with Crippen LogP contribution in [-0.2, 0) is 14.8 Å². The first-order chi connectivity index (χ1) is 16.2. The summed E-state index contributed by atoms with van der Waals surface area (Å²) >= 11 is 0. The molecule has 0 aliphatic rings. The lowest BCUT2D eigenvalue weighted by atomic mass is 10.2. The van der Waals surface area contributed by atoms with E-state index < -0.39 is 43.8 Å². The molecule has 0 unspecified atom stereocenters. The molecule has 34 heavy (non-hydrogen) atoms. The number of benzene rings is 3. The van der Waals surface area contributed by atoms with Gasteiger partial charge in [-0.25, -0.2) is 12.8 Å². The van der Waals surface area contributed by atoms with Gasteiger partial charge in [0.1, 0.15) is 23.9 Å². The summed E-state index contributed by atoms with van der Waals surface area (Å²) in [6.07, 6.45) is 0. The van der Waals surface area contributed by atoms with E-state index >= 15 is 0 Å². The molecule has 10 nitrogen and oxygen atoms in total. The lowest BCUT2D eigenvalue weighted by molar-refractivity contribution is -0.387. The molecule has 0 spiro atoms. The molecule has 0 bridgehead atoms. The van der Waals surface area contributed by atoms with E-state index in [1.165, 1.54) is 62.8 Å². The quantitative estimate of drug-likeness (QED) is 0.359. The number of anilines is 2. The van der Waals surface area contributed by atoms with Gasteiger partial charge in [0.25, 0.3) is 15.7 Å². The minimum absolute atomic E-state index is 0.0280. The van der Waals surface area contributed by atoms with Gasteiger partial charge >= 0.3 is 0 Å². The third-order valence-corrected chi connectivity index (χ3v) is 6.53. The fourth-order valence-corrected chi connectivity index (χ4v) is 4.71. The fourth-order valence-electron chi connectivity index (χ4n) is 3.12. The number of nitro benzene ring substituents is 1. The molecule has 0 aromatic heterocycles. The zero-order chi connectivity index (χ0) is 24.9. The number of rotatable bonds is 9. The Kier molecular flexibility index (Phi) is 7.31. The van der Waals surface area contributed by atoms with Crippen LogP contribution in [0.4, 0.5) is 21.5 Å². The monoisotopic (exact) mass is 489 g/mol. The number of ether oxygens (including phenoxy) is 2. The highest BCUT2D eigenvalue weighted by Crippen LogP contribution is 2.37. The molecule has 0 aliphatic carbocycles. The Morgan fingerprint density at radius 1 is 1.06 bits per heavy atom. The first-order valence-corrected chi connectivity index (χ1v) is 11.2. The normalized spacial score (nSPS) is 10.9. The second-order valence-corrected chi connectivity index (χ2v) is 8.63.